The van der Waals surface area contributed by atoms with Crippen LogP contribution in [-0.4, -0.2) is 6.04 Å². The van der Waals surface area contributed by atoms with Gasteiger partial charge in [0, 0.05) is 11.4 Å². The molecule has 18 heavy (non-hydrogen) atoms. The van der Waals surface area contributed by atoms with Gasteiger partial charge in [-0.25, -0.2) is 8.78 Å². The molecule has 0 amide bonds. The largest absolute Gasteiger partial charge is 0.455 e. The van der Waals surface area contributed by atoms with Gasteiger partial charge in [0.1, 0.15) is 5.76 Å². The molecule has 0 atom stereocenters. The SMILES string of the molecule is NC1CCC(F)(c2cc3cccc(F)c3o2)CC1. The zero-order chi connectivity index (χ0) is 12.8. The Balaban J connectivity index is 2.01. The first-order chi connectivity index (χ1) is 8.58. The van der Waals surface area contributed by atoms with Gasteiger partial charge < -0.3 is 10.2 Å². The number of nitrogens with two attached hydrogens (primary N) is 1. The predicted molar refractivity (Wildman–Crippen MR) is 65.4 cm³/mol. The monoisotopic (exact) mass is 251 g/mol. The molecule has 0 unspecified atom stereocenters. The maximum absolute atomic E-state index is 14.8. The van der Waals surface area contributed by atoms with E-state index in [-0.39, 0.29) is 17.4 Å². The zero-order valence-corrected chi connectivity index (χ0v) is 9.96. The van der Waals surface area contributed by atoms with Crippen LogP contribution in [0.3, 0.4) is 0 Å². The van der Waals surface area contributed by atoms with Gasteiger partial charge in [-0.2, -0.15) is 0 Å². The molecule has 3 rings (SSSR count). The molecule has 0 spiro atoms. The first-order valence-corrected chi connectivity index (χ1v) is 6.21. The summed E-state index contributed by atoms with van der Waals surface area (Å²) in [5.41, 5.74) is 4.42. The third-order valence-electron chi connectivity index (χ3n) is 3.76. The average molecular weight is 251 g/mol. The Morgan fingerprint density at radius 2 is 2.00 bits per heavy atom. The molecule has 0 saturated heterocycles. The van der Waals surface area contributed by atoms with Crippen LogP contribution < -0.4 is 5.73 Å². The second-order valence-corrected chi connectivity index (χ2v) is 5.07. The fourth-order valence-corrected chi connectivity index (χ4v) is 2.59. The third-order valence-corrected chi connectivity index (χ3v) is 3.76. The van der Waals surface area contributed by atoms with Crippen LogP contribution in [0.2, 0.25) is 0 Å². The summed E-state index contributed by atoms with van der Waals surface area (Å²) in [6.07, 6.45) is 1.96. The molecule has 0 bridgehead atoms. The summed E-state index contributed by atoms with van der Waals surface area (Å²) >= 11 is 0. The molecule has 4 heteroatoms. The highest BCUT2D eigenvalue weighted by atomic mass is 19.1. The van der Waals surface area contributed by atoms with E-state index in [0.717, 1.165) is 0 Å². The van der Waals surface area contributed by atoms with Crippen LogP contribution in [0.25, 0.3) is 11.0 Å². The van der Waals surface area contributed by atoms with E-state index in [2.05, 4.69) is 0 Å². The molecular weight excluding hydrogens is 236 g/mol. The molecule has 2 N–H and O–H groups in total. The maximum atomic E-state index is 14.8. The van der Waals surface area contributed by atoms with Gasteiger partial charge in [-0.05, 0) is 37.8 Å². The molecule has 0 aliphatic heterocycles. The Hall–Kier alpha value is -1.42. The van der Waals surface area contributed by atoms with E-state index in [1.807, 2.05) is 0 Å². The van der Waals surface area contributed by atoms with Crippen LogP contribution in [0, 0.1) is 5.82 Å². The number of rotatable bonds is 1. The Bertz CT molecular complexity index is 570. The minimum atomic E-state index is -1.50. The van der Waals surface area contributed by atoms with Gasteiger partial charge >= 0.3 is 0 Å². The fourth-order valence-electron chi connectivity index (χ4n) is 2.59. The van der Waals surface area contributed by atoms with Crippen molar-refractivity contribution in [2.24, 2.45) is 5.73 Å². The fraction of sp³-hybridized carbons (Fsp3) is 0.429. The lowest BCUT2D eigenvalue weighted by molar-refractivity contribution is 0.0736. The van der Waals surface area contributed by atoms with Crippen LogP contribution in [0.5, 0.6) is 0 Å². The topological polar surface area (TPSA) is 39.2 Å². The molecule has 1 aromatic carbocycles. The minimum Gasteiger partial charge on any atom is -0.455 e. The van der Waals surface area contributed by atoms with E-state index in [9.17, 15) is 8.78 Å². The Kier molecular flexibility index (Phi) is 2.63. The van der Waals surface area contributed by atoms with E-state index in [1.54, 1.807) is 18.2 Å². The molecule has 1 aliphatic carbocycles. The number of fused-ring (bicyclic) bond motifs is 1. The standard InChI is InChI=1S/C14H15F2NO/c15-11-3-1-2-9-8-12(18-13(9)11)14(16)6-4-10(17)5-7-14/h1-3,8,10H,4-7,17H2. The average Bonchev–Trinajstić information content (AvgIpc) is 2.79. The summed E-state index contributed by atoms with van der Waals surface area (Å²) in [5, 5.41) is 0.608. The van der Waals surface area contributed by atoms with Crippen molar-refractivity contribution in [2.75, 3.05) is 0 Å². The molecule has 1 saturated carbocycles. The van der Waals surface area contributed by atoms with Crippen molar-refractivity contribution in [1.29, 1.82) is 0 Å². The van der Waals surface area contributed by atoms with Crippen molar-refractivity contribution in [1.82, 2.24) is 0 Å². The maximum Gasteiger partial charge on any atom is 0.170 e. The molecular formula is C14H15F2NO. The second-order valence-electron chi connectivity index (χ2n) is 5.07. The lowest BCUT2D eigenvalue weighted by Gasteiger charge is -2.30. The summed E-state index contributed by atoms with van der Waals surface area (Å²) in [6.45, 7) is 0. The number of hydrogen-bond acceptors (Lipinski definition) is 2. The van der Waals surface area contributed by atoms with Crippen molar-refractivity contribution in [3.05, 3.63) is 35.8 Å². The van der Waals surface area contributed by atoms with Crippen molar-refractivity contribution in [2.45, 2.75) is 37.4 Å². The number of benzene rings is 1. The van der Waals surface area contributed by atoms with Gasteiger partial charge in [-0.1, -0.05) is 12.1 Å². The van der Waals surface area contributed by atoms with Gasteiger partial charge in [0.15, 0.2) is 17.1 Å². The number of para-hydroxylation sites is 1. The Labute approximate surface area is 104 Å². The van der Waals surface area contributed by atoms with Gasteiger partial charge in [0.2, 0.25) is 0 Å². The highest BCUT2D eigenvalue weighted by Gasteiger charge is 2.39. The predicted octanol–water partition coefficient (Wildman–Crippen LogP) is 3.64. The lowest BCUT2D eigenvalue weighted by atomic mass is 9.82. The van der Waals surface area contributed by atoms with Crippen LogP contribution in [-0.2, 0) is 5.67 Å². The number of hydrogen-bond donors (Lipinski definition) is 1. The van der Waals surface area contributed by atoms with E-state index in [1.165, 1.54) is 6.07 Å². The van der Waals surface area contributed by atoms with Gasteiger partial charge in [-0.15, -0.1) is 0 Å². The lowest BCUT2D eigenvalue weighted by Crippen LogP contribution is -2.33. The summed E-state index contributed by atoms with van der Waals surface area (Å²) in [5.74, 6) is -0.218. The summed E-state index contributed by atoms with van der Waals surface area (Å²) in [4.78, 5) is 0. The van der Waals surface area contributed by atoms with Crippen molar-refractivity contribution < 1.29 is 13.2 Å². The van der Waals surface area contributed by atoms with E-state index in [0.29, 0.717) is 31.1 Å². The highest BCUT2D eigenvalue weighted by Crippen LogP contribution is 2.42. The van der Waals surface area contributed by atoms with Crippen molar-refractivity contribution >= 4 is 11.0 Å². The first kappa shape index (κ1) is 11.7. The minimum absolute atomic E-state index is 0.0648. The van der Waals surface area contributed by atoms with Crippen molar-refractivity contribution in [3.63, 3.8) is 0 Å². The summed E-state index contributed by atoms with van der Waals surface area (Å²) in [7, 11) is 0. The quantitative estimate of drug-likeness (QED) is 0.840. The third kappa shape index (κ3) is 1.81. The summed E-state index contributed by atoms with van der Waals surface area (Å²) < 4.78 is 33.7. The molecule has 2 nitrogen and oxygen atoms in total. The van der Waals surface area contributed by atoms with E-state index >= 15 is 0 Å². The molecule has 0 radical (unpaired) electrons. The van der Waals surface area contributed by atoms with Gasteiger partial charge in [0.05, 0.1) is 0 Å². The number of furan rings is 1. The van der Waals surface area contributed by atoms with E-state index < -0.39 is 11.5 Å². The zero-order valence-electron chi connectivity index (χ0n) is 9.96. The van der Waals surface area contributed by atoms with E-state index in [4.69, 9.17) is 10.2 Å². The number of alkyl halides is 1. The van der Waals surface area contributed by atoms with Crippen LogP contribution in [0.15, 0.2) is 28.7 Å². The van der Waals surface area contributed by atoms with Crippen LogP contribution in [0.4, 0.5) is 8.78 Å². The molecule has 1 aliphatic rings. The number of halogens is 2. The molecule has 1 fully saturated rings. The first-order valence-electron chi connectivity index (χ1n) is 6.21. The van der Waals surface area contributed by atoms with Crippen LogP contribution >= 0.6 is 0 Å². The van der Waals surface area contributed by atoms with Gasteiger partial charge in [-0.3, -0.25) is 0 Å². The highest BCUT2D eigenvalue weighted by molar-refractivity contribution is 5.78. The van der Waals surface area contributed by atoms with Crippen molar-refractivity contribution in [3.8, 4) is 0 Å². The van der Waals surface area contributed by atoms with Crippen LogP contribution in [0.1, 0.15) is 31.4 Å². The molecule has 1 aromatic heterocycles. The Morgan fingerprint density at radius 1 is 1.28 bits per heavy atom. The normalized spacial score (nSPS) is 28.7. The second kappa shape index (κ2) is 4.05. The summed E-state index contributed by atoms with van der Waals surface area (Å²) in [6, 6.07) is 6.31. The molecule has 1 heterocycles. The van der Waals surface area contributed by atoms with Gasteiger partial charge in [0.25, 0.3) is 0 Å². The molecule has 96 valence electrons. The smallest absolute Gasteiger partial charge is 0.170 e. The molecule has 2 aromatic rings. The Morgan fingerprint density at radius 3 is 2.67 bits per heavy atom.